The predicted octanol–water partition coefficient (Wildman–Crippen LogP) is -0.269. The number of halogens is 1. The molecule has 20 heavy (non-hydrogen) atoms. The molecule has 0 aliphatic heterocycles. The highest BCUT2D eigenvalue weighted by Crippen LogP contribution is 2.31. The summed E-state index contributed by atoms with van der Waals surface area (Å²) in [5, 5.41) is 0. The van der Waals surface area contributed by atoms with Gasteiger partial charge in [0, 0.05) is 11.6 Å². The van der Waals surface area contributed by atoms with E-state index in [1.807, 2.05) is 6.07 Å². The van der Waals surface area contributed by atoms with Crippen molar-refractivity contribution < 1.29 is 26.4 Å². The number of esters is 1. The van der Waals surface area contributed by atoms with Crippen molar-refractivity contribution in [2.45, 2.75) is 19.4 Å². The zero-order chi connectivity index (χ0) is 14.5. The minimum Gasteiger partial charge on any atom is -1.00 e. The zero-order valence-corrected chi connectivity index (χ0v) is 13.5. The third kappa shape index (κ3) is 4.36. The first-order chi connectivity index (χ1) is 8.81. The van der Waals surface area contributed by atoms with E-state index in [4.69, 9.17) is 4.74 Å². The van der Waals surface area contributed by atoms with Gasteiger partial charge in [0.05, 0.1) is 14.1 Å². The maximum atomic E-state index is 11.1. The van der Waals surface area contributed by atoms with Crippen LogP contribution in [0, 0.1) is 0 Å². The molecule has 0 saturated carbocycles. The molecule has 0 unspecified atom stereocenters. The van der Waals surface area contributed by atoms with Gasteiger partial charge in [0.2, 0.25) is 0 Å². The lowest BCUT2D eigenvalue weighted by atomic mass is 9.90. The lowest BCUT2D eigenvalue weighted by Crippen LogP contribution is -3.00. The van der Waals surface area contributed by atoms with Crippen molar-refractivity contribution in [1.29, 1.82) is 0 Å². The number of benzene rings is 1. The molecule has 0 aromatic heterocycles. The third-order valence-electron chi connectivity index (χ3n) is 4.05. The molecule has 0 heterocycles. The van der Waals surface area contributed by atoms with Crippen LogP contribution in [0.15, 0.2) is 43.0 Å². The van der Waals surface area contributed by atoms with Gasteiger partial charge >= 0.3 is 5.97 Å². The molecule has 3 nitrogen and oxygen atoms in total. The fraction of sp³-hybridized carbons (Fsp3) is 0.438. The Hall–Kier alpha value is -1.32. The maximum Gasteiger partial charge on any atom is 0.330 e. The molecule has 0 fully saturated rings. The van der Waals surface area contributed by atoms with E-state index in [0.717, 1.165) is 11.0 Å². The molecule has 0 saturated heterocycles. The summed E-state index contributed by atoms with van der Waals surface area (Å²) in [5.74, 6) is -0.363. The average Bonchev–Trinajstić information content (AvgIpc) is 2.39. The number of hydrogen-bond acceptors (Lipinski definition) is 2. The van der Waals surface area contributed by atoms with Crippen LogP contribution in [0.2, 0.25) is 0 Å². The first kappa shape index (κ1) is 18.7. The molecule has 4 heteroatoms. The fourth-order valence-electron chi connectivity index (χ4n) is 1.91. The second-order valence-electron chi connectivity index (χ2n) is 5.71. The molecule has 0 radical (unpaired) electrons. The molecule has 1 aromatic carbocycles. The lowest BCUT2D eigenvalue weighted by Gasteiger charge is -2.44. The summed E-state index contributed by atoms with van der Waals surface area (Å²) >= 11 is 0. The van der Waals surface area contributed by atoms with Crippen LogP contribution in [0.4, 0.5) is 0 Å². The molecule has 0 bridgehead atoms. The van der Waals surface area contributed by atoms with Crippen molar-refractivity contribution >= 4 is 5.97 Å². The summed E-state index contributed by atoms with van der Waals surface area (Å²) in [4.78, 5) is 11.1. The van der Waals surface area contributed by atoms with Crippen LogP contribution < -0.4 is 12.4 Å². The van der Waals surface area contributed by atoms with E-state index in [2.05, 4.69) is 58.8 Å². The molecule has 1 rings (SSSR count). The van der Waals surface area contributed by atoms with Gasteiger partial charge in [0.1, 0.15) is 18.7 Å². The van der Waals surface area contributed by atoms with Crippen molar-refractivity contribution in [2.75, 3.05) is 27.2 Å². The topological polar surface area (TPSA) is 26.3 Å². The highest BCUT2D eigenvalue weighted by molar-refractivity contribution is 5.81. The standard InChI is InChI=1S/C16H24NO2.ClH/c1-6-15(18)19-13-12-17(4,5)16(2,3)14-10-8-7-9-11-14;/h6-11H,1,12-13H2,2-5H3;1H/q+1;/p-1. The highest BCUT2D eigenvalue weighted by atomic mass is 35.5. The third-order valence-corrected chi connectivity index (χ3v) is 4.05. The van der Waals surface area contributed by atoms with Crippen molar-refractivity contribution in [1.82, 2.24) is 0 Å². The number of nitrogens with zero attached hydrogens (tertiary/aromatic N) is 1. The second kappa shape index (κ2) is 7.46. The summed E-state index contributed by atoms with van der Waals surface area (Å²) < 4.78 is 5.82. The first-order valence-electron chi connectivity index (χ1n) is 6.49. The average molecular weight is 298 g/mol. The molecule has 112 valence electrons. The van der Waals surface area contributed by atoms with E-state index in [1.165, 1.54) is 11.6 Å². The first-order valence-corrected chi connectivity index (χ1v) is 6.49. The van der Waals surface area contributed by atoms with Gasteiger partial charge in [-0.25, -0.2) is 4.79 Å². The monoisotopic (exact) mass is 297 g/mol. The Kier molecular flexibility index (Phi) is 6.97. The van der Waals surface area contributed by atoms with Crippen LogP contribution in [-0.4, -0.2) is 37.7 Å². The Labute approximate surface area is 128 Å². The highest BCUT2D eigenvalue weighted by Gasteiger charge is 2.37. The van der Waals surface area contributed by atoms with Gasteiger partial charge in [-0.3, -0.25) is 0 Å². The maximum absolute atomic E-state index is 11.1. The van der Waals surface area contributed by atoms with Crippen molar-refractivity contribution in [3.8, 4) is 0 Å². The number of ether oxygens (including phenoxy) is 1. The van der Waals surface area contributed by atoms with Crippen LogP contribution in [0.3, 0.4) is 0 Å². The van der Waals surface area contributed by atoms with Crippen molar-refractivity contribution in [2.24, 2.45) is 0 Å². The Bertz CT molecular complexity index is 441. The van der Waals surface area contributed by atoms with E-state index in [1.54, 1.807) is 0 Å². The zero-order valence-electron chi connectivity index (χ0n) is 12.7. The van der Waals surface area contributed by atoms with Crippen LogP contribution in [0.1, 0.15) is 19.4 Å². The molecule has 0 amide bonds. The van der Waals surface area contributed by atoms with Gasteiger partial charge in [0.15, 0.2) is 0 Å². The minimum atomic E-state index is -0.363. The van der Waals surface area contributed by atoms with E-state index < -0.39 is 0 Å². The minimum absolute atomic E-state index is 0. The lowest BCUT2D eigenvalue weighted by molar-refractivity contribution is -0.945. The Morgan fingerprint density at radius 2 is 1.85 bits per heavy atom. The molecule has 1 aromatic rings. The van der Waals surface area contributed by atoms with E-state index >= 15 is 0 Å². The molecular weight excluding hydrogens is 274 g/mol. The van der Waals surface area contributed by atoms with Gasteiger partial charge in [0.25, 0.3) is 0 Å². The van der Waals surface area contributed by atoms with E-state index in [9.17, 15) is 4.79 Å². The van der Waals surface area contributed by atoms with Gasteiger partial charge in [-0.1, -0.05) is 36.9 Å². The van der Waals surface area contributed by atoms with Crippen LogP contribution in [0.25, 0.3) is 0 Å². The predicted molar refractivity (Wildman–Crippen MR) is 77.6 cm³/mol. The number of carbonyl (C=O) groups is 1. The largest absolute Gasteiger partial charge is 1.00 e. The number of likely N-dealkylation sites (N-methyl/N-ethyl adjacent to an activating group) is 1. The summed E-state index contributed by atoms with van der Waals surface area (Å²) in [6.45, 7) is 8.95. The quantitative estimate of drug-likeness (QED) is 0.411. The van der Waals surface area contributed by atoms with Crippen LogP contribution in [0.5, 0.6) is 0 Å². The second-order valence-corrected chi connectivity index (χ2v) is 5.71. The van der Waals surface area contributed by atoms with Crippen LogP contribution in [-0.2, 0) is 15.1 Å². The van der Waals surface area contributed by atoms with E-state index in [0.29, 0.717) is 6.61 Å². The summed E-state index contributed by atoms with van der Waals surface area (Å²) in [6.07, 6.45) is 1.20. The van der Waals surface area contributed by atoms with Gasteiger partial charge < -0.3 is 21.6 Å². The molecule has 0 spiro atoms. The number of rotatable bonds is 6. The van der Waals surface area contributed by atoms with Gasteiger partial charge in [-0.15, -0.1) is 0 Å². The van der Waals surface area contributed by atoms with Crippen molar-refractivity contribution in [3.05, 3.63) is 48.6 Å². The van der Waals surface area contributed by atoms with Gasteiger partial charge in [-0.2, -0.15) is 0 Å². The van der Waals surface area contributed by atoms with Crippen LogP contribution >= 0.6 is 0 Å². The van der Waals surface area contributed by atoms with Gasteiger partial charge in [-0.05, 0) is 13.8 Å². The van der Waals surface area contributed by atoms with E-state index in [-0.39, 0.29) is 23.9 Å². The summed E-state index contributed by atoms with van der Waals surface area (Å²) in [6, 6.07) is 10.4. The number of hydrogen-bond donors (Lipinski definition) is 0. The SMILES string of the molecule is C=CC(=O)OCC[N+](C)(C)C(C)(C)c1ccccc1.[Cl-]. The van der Waals surface area contributed by atoms with Crippen molar-refractivity contribution in [3.63, 3.8) is 0 Å². The fourth-order valence-corrected chi connectivity index (χ4v) is 1.91. The Balaban J connectivity index is 0.00000361. The normalized spacial score (nSPS) is 11.4. The molecular formula is C16H24ClNO2. The number of quaternary nitrogens is 1. The smallest absolute Gasteiger partial charge is 0.330 e. The Morgan fingerprint density at radius 3 is 2.35 bits per heavy atom. The molecule has 0 aliphatic rings. The summed E-state index contributed by atoms with van der Waals surface area (Å²) in [5.41, 5.74) is 1.22. The molecule has 0 N–H and O–H groups in total. The molecule has 0 atom stereocenters. The number of carbonyl (C=O) groups excluding carboxylic acids is 1. The molecule has 0 aliphatic carbocycles. The Morgan fingerprint density at radius 1 is 1.30 bits per heavy atom. The summed E-state index contributed by atoms with van der Waals surface area (Å²) in [7, 11) is 4.30.